The summed E-state index contributed by atoms with van der Waals surface area (Å²) in [5, 5.41) is 5.91. The lowest BCUT2D eigenvalue weighted by atomic mass is 10.1. The van der Waals surface area contributed by atoms with Crippen molar-refractivity contribution in [3.8, 4) is 0 Å². The van der Waals surface area contributed by atoms with Gasteiger partial charge >= 0.3 is 0 Å². The van der Waals surface area contributed by atoms with E-state index in [1.165, 1.54) is 4.31 Å². The predicted molar refractivity (Wildman–Crippen MR) is 133 cm³/mol. The topological polar surface area (TPSA) is 103 Å². The average molecular weight is 567 g/mol. The first-order valence-electron chi connectivity index (χ1n) is 10.1. The van der Waals surface area contributed by atoms with Crippen LogP contribution in [-0.2, 0) is 21.3 Å². The van der Waals surface area contributed by atoms with E-state index >= 15 is 0 Å². The minimum Gasteiger partial charge on any atom is -0.378 e. The van der Waals surface area contributed by atoms with Crippen LogP contribution in [0.25, 0.3) is 0 Å². The van der Waals surface area contributed by atoms with Crippen LogP contribution in [0.2, 0.25) is 0 Å². The fourth-order valence-electron chi connectivity index (χ4n) is 3.18. The Kier molecular flexibility index (Phi) is 11.7. The van der Waals surface area contributed by atoms with Gasteiger partial charge in [-0.05, 0) is 31.5 Å². The lowest BCUT2D eigenvalue weighted by Gasteiger charge is -2.35. The highest BCUT2D eigenvalue weighted by Crippen LogP contribution is 2.10. The van der Waals surface area contributed by atoms with E-state index in [0.29, 0.717) is 44.2 Å². The number of halogens is 1. The third kappa shape index (κ3) is 8.54. The van der Waals surface area contributed by atoms with Crippen LogP contribution in [-0.4, -0.2) is 88.2 Å². The molecule has 2 rings (SSSR count). The molecule has 2 N–H and O–H groups in total. The maximum absolute atomic E-state index is 12.5. The van der Waals surface area contributed by atoms with E-state index in [-0.39, 0.29) is 48.3 Å². The molecule has 0 aliphatic carbocycles. The summed E-state index contributed by atoms with van der Waals surface area (Å²) in [5.41, 5.74) is 1.57. The van der Waals surface area contributed by atoms with Crippen LogP contribution in [0.4, 0.5) is 0 Å². The molecule has 0 atom stereocenters. The number of piperazine rings is 1. The minimum atomic E-state index is -3.32. The van der Waals surface area contributed by atoms with Gasteiger partial charge in [-0.1, -0.05) is 12.1 Å². The smallest absolute Gasteiger partial charge is 0.251 e. The Labute approximate surface area is 202 Å². The molecule has 1 heterocycles. The number of benzene rings is 1. The normalized spacial score (nSPS) is 15.5. The number of amides is 1. The van der Waals surface area contributed by atoms with Gasteiger partial charge in [-0.2, -0.15) is 4.31 Å². The highest BCUT2D eigenvalue weighted by molar-refractivity contribution is 14.0. The number of hydrogen-bond donors (Lipinski definition) is 2. The quantitative estimate of drug-likeness (QED) is 0.277. The Balaban J connectivity index is 0.00000480. The van der Waals surface area contributed by atoms with Crippen molar-refractivity contribution in [2.24, 2.45) is 4.99 Å². The maximum Gasteiger partial charge on any atom is 0.251 e. The Morgan fingerprint density at radius 2 is 1.90 bits per heavy atom. The Morgan fingerprint density at radius 1 is 1.23 bits per heavy atom. The first-order chi connectivity index (χ1) is 14.3. The fraction of sp³-hybridized carbons (Fsp3) is 0.600. The van der Waals surface area contributed by atoms with Gasteiger partial charge in [-0.25, -0.2) is 8.42 Å². The van der Waals surface area contributed by atoms with Crippen LogP contribution in [0.5, 0.6) is 0 Å². The summed E-state index contributed by atoms with van der Waals surface area (Å²) in [7, 11) is -0.0146. The van der Waals surface area contributed by atoms with Gasteiger partial charge in [0, 0.05) is 52.4 Å². The van der Waals surface area contributed by atoms with Crippen molar-refractivity contribution in [2.75, 3.05) is 52.6 Å². The molecule has 0 aromatic heterocycles. The molecule has 1 amide bonds. The predicted octanol–water partition coefficient (Wildman–Crippen LogP) is 1.11. The van der Waals surface area contributed by atoms with Crippen molar-refractivity contribution in [1.29, 1.82) is 0 Å². The van der Waals surface area contributed by atoms with Crippen LogP contribution < -0.4 is 10.6 Å². The molecule has 0 radical (unpaired) electrons. The molecule has 0 unspecified atom stereocenters. The zero-order valence-corrected chi connectivity index (χ0v) is 21.8. The van der Waals surface area contributed by atoms with E-state index in [0.717, 1.165) is 5.56 Å². The minimum absolute atomic E-state index is 0. The van der Waals surface area contributed by atoms with Crippen molar-refractivity contribution < 1.29 is 17.9 Å². The zero-order valence-electron chi connectivity index (χ0n) is 18.6. The number of guanidine groups is 1. The molecule has 31 heavy (non-hydrogen) atoms. The van der Waals surface area contributed by atoms with Crippen molar-refractivity contribution in [2.45, 2.75) is 26.5 Å². The second-order valence-electron chi connectivity index (χ2n) is 7.30. The molecule has 176 valence electrons. The number of carbonyl (C=O) groups is 1. The second-order valence-corrected chi connectivity index (χ2v) is 9.39. The molecule has 0 saturated carbocycles. The molecular formula is C20H34IN5O4S. The van der Waals surface area contributed by atoms with Gasteiger partial charge in [0.15, 0.2) is 5.96 Å². The number of carbonyl (C=O) groups excluding carboxylic acids is 1. The average Bonchev–Trinajstić information content (AvgIpc) is 2.73. The van der Waals surface area contributed by atoms with E-state index < -0.39 is 10.0 Å². The molecule has 1 aliphatic rings. The summed E-state index contributed by atoms with van der Waals surface area (Å²) in [4.78, 5) is 18.2. The standard InChI is InChI=1S/C20H33N5O4S.HI/c1-16(2)29-12-13-30(27,28)25-10-8-24(9-11-25)20(22-4)23-15-17-6-5-7-18(14-17)19(26)21-3;/h5-7,14,16H,8-13,15H2,1-4H3,(H,21,26)(H,22,23);1H. The van der Waals surface area contributed by atoms with Gasteiger partial charge in [0.25, 0.3) is 5.91 Å². The summed E-state index contributed by atoms with van der Waals surface area (Å²) >= 11 is 0. The van der Waals surface area contributed by atoms with Crippen molar-refractivity contribution in [3.63, 3.8) is 0 Å². The number of sulfonamides is 1. The summed E-state index contributed by atoms with van der Waals surface area (Å²) in [6.07, 6.45) is 0.0171. The number of nitrogens with one attached hydrogen (secondary N) is 2. The first-order valence-corrected chi connectivity index (χ1v) is 11.7. The Hall–Kier alpha value is -1.44. The van der Waals surface area contributed by atoms with E-state index in [9.17, 15) is 13.2 Å². The zero-order chi connectivity index (χ0) is 22.1. The highest BCUT2D eigenvalue weighted by Gasteiger charge is 2.28. The largest absolute Gasteiger partial charge is 0.378 e. The molecule has 9 nitrogen and oxygen atoms in total. The van der Waals surface area contributed by atoms with Crippen LogP contribution in [0.15, 0.2) is 29.3 Å². The van der Waals surface area contributed by atoms with Gasteiger partial charge in [0.1, 0.15) is 0 Å². The van der Waals surface area contributed by atoms with E-state index in [4.69, 9.17) is 4.74 Å². The SMILES string of the molecule is CN=C(NCc1cccc(C(=O)NC)c1)N1CCN(S(=O)(=O)CCOC(C)C)CC1.I. The highest BCUT2D eigenvalue weighted by atomic mass is 127. The van der Waals surface area contributed by atoms with Gasteiger partial charge in [-0.15, -0.1) is 24.0 Å². The molecule has 1 aliphatic heterocycles. The van der Waals surface area contributed by atoms with E-state index in [1.807, 2.05) is 36.9 Å². The van der Waals surface area contributed by atoms with Crippen molar-refractivity contribution in [1.82, 2.24) is 19.8 Å². The molecule has 0 bridgehead atoms. The molecule has 1 aromatic rings. The molecule has 1 fully saturated rings. The first kappa shape index (κ1) is 27.6. The molecular weight excluding hydrogens is 533 g/mol. The number of rotatable bonds is 8. The summed E-state index contributed by atoms with van der Waals surface area (Å²) in [6.45, 7) is 6.44. The van der Waals surface area contributed by atoms with Crippen molar-refractivity contribution >= 4 is 45.9 Å². The third-order valence-electron chi connectivity index (χ3n) is 4.80. The molecule has 1 saturated heterocycles. The van der Waals surface area contributed by atoms with Crippen LogP contribution in [0.3, 0.4) is 0 Å². The van der Waals surface area contributed by atoms with Crippen LogP contribution >= 0.6 is 24.0 Å². The van der Waals surface area contributed by atoms with Gasteiger partial charge in [-0.3, -0.25) is 9.79 Å². The summed E-state index contributed by atoms with van der Waals surface area (Å²) in [6, 6.07) is 7.39. The Morgan fingerprint density at radius 3 is 2.48 bits per heavy atom. The fourth-order valence-corrected chi connectivity index (χ4v) is 4.46. The second kappa shape index (κ2) is 13.2. The monoisotopic (exact) mass is 567 g/mol. The van der Waals surface area contributed by atoms with Crippen molar-refractivity contribution in [3.05, 3.63) is 35.4 Å². The van der Waals surface area contributed by atoms with Crippen LogP contribution in [0, 0.1) is 0 Å². The van der Waals surface area contributed by atoms with Gasteiger partial charge < -0.3 is 20.3 Å². The molecule has 11 heteroatoms. The number of ether oxygens (including phenoxy) is 1. The van der Waals surface area contributed by atoms with Gasteiger partial charge in [0.05, 0.1) is 18.5 Å². The lowest BCUT2D eigenvalue weighted by molar-refractivity contribution is 0.0904. The van der Waals surface area contributed by atoms with E-state index in [2.05, 4.69) is 15.6 Å². The molecule has 1 aromatic carbocycles. The maximum atomic E-state index is 12.5. The summed E-state index contributed by atoms with van der Waals surface area (Å²) < 4.78 is 31.9. The van der Waals surface area contributed by atoms with Gasteiger partial charge in [0.2, 0.25) is 10.0 Å². The van der Waals surface area contributed by atoms with Crippen LogP contribution in [0.1, 0.15) is 29.8 Å². The number of hydrogen-bond acceptors (Lipinski definition) is 5. The molecule has 0 spiro atoms. The third-order valence-corrected chi connectivity index (χ3v) is 6.64. The van der Waals surface area contributed by atoms with E-state index in [1.54, 1.807) is 20.2 Å². The number of nitrogens with zero attached hydrogens (tertiary/aromatic N) is 3. The number of aliphatic imine (C=N–C) groups is 1. The summed E-state index contributed by atoms with van der Waals surface area (Å²) in [5.74, 6) is 0.581. The lowest BCUT2D eigenvalue weighted by Crippen LogP contribution is -2.54. The Bertz CT molecular complexity index is 840.